The van der Waals surface area contributed by atoms with Gasteiger partial charge in [-0.2, -0.15) is 0 Å². The van der Waals surface area contributed by atoms with E-state index in [-0.39, 0.29) is 0 Å². The Morgan fingerprint density at radius 1 is 0.275 bits per heavy atom. The van der Waals surface area contributed by atoms with Crippen molar-refractivity contribution in [1.82, 2.24) is 4.57 Å². The Morgan fingerprint density at radius 3 is 1.52 bits per heavy atom. The molecule has 69 heavy (non-hydrogen) atoms. The molecule has 324 valence electrons. The molecule has 0 bridgehead atoms. The van der Waals surface area contributed by atoms with E-state index in [0.29, 0.717) is 0 Å². The fraction of sp³-hybridized carbons (Fsp3) is 0. The molecule has 13 aromatic rings. The molecule has 13 rings (SSSR count). The maximum atomic E-state index is 6.35. The normalized spacial score (nSPS) is 11.5. The van der Waals surface area contributed by atoms with Crippen molar-refractivity contribution in [3.8, 4) is 61.3 Å². The Balaban J connectivity index is 0.893. The molecule has 3 heteroatoms. The highest BCUT2D eigenvalue weighted by Crippen LogP contribution is 2.44. The van der Waals surface area contributed by atoms with Crippen LogP contribution >= 0.6 is 0 Å². The topological polar surface area (TPSA) is 21.3 Å². The molecule has 0 unspecified atom stereocenters. The van der Waals surface area contributed by atoms with Gasteiger partial charge in [-0.05, 0) is 135 Å². The van der Waals surface area contributed by atoms with Gasteiger partial charge in [0.05, 0.1) is 16.7 Å². The Bertz CT molecular complexity index is 3970. The molecule has 0 aliphatic carbocycles. The van der Waals surface area contributed by atoms with E-state index in [2.05, 4.69) is 264 Å². The number of fused-ring (bicyclic) bond motifs is 6. The molecular weight excluding hydrogens is 837 g/mol. The molecule has 2 heterocycles. The third-order valence-electron chi connectivity index (χ3n) is 13.6. The number of hydrogen-bond donors (Lipinski definition) is 0. The molecular formula is C66H44N2O. The molecule has 0 radical (unpaired) electrons. The standard InChI is InChI=1S/C66H44N2O/c1-2-16-45(17-3-1)48-19-13-23-53(41-48)57-26-4-8-30-62(57)67(55-24-14-22-51(42-55)52-36-39-61-60-29-7-11-33-65(60)69-66(61)44-52)54-37-34-46(35-38-54)47-18-12-20-49(40-47)50-21-15-25-56(43-50)68-63-31-9-5-27-58(63)59-28-6-10-32-64(59)68/h1-44H. The summed E-state index contributed by atoms with van der Waals surface area (Å²) in [5.74, 6) is 0. The lowest BCUT2D eigenvalue weighted by Gasteiger charge is -2.28. The lowest BCUT2D eigenvalue weighted by molar-refractivity contribution is 0.669. The molecule has 11 aromatic carbocycles. The van der Waals surface area contributed by atoms with Gasteiger partial charge in [0, 0.05) is 44.2 Å². The molecule has 0 saturated carbocycles. The van der Waals surface area contributed by atoms with Gasteiger partial charge in [0.25, 0.3) is 0 Å². The maximum absolute atomic E-state index is 6.35. The monoisotopic (exact) mass is 880 g/mol. The van der Waals surface area contributed by atoms with Gasteiger partial charge in [-0.15, -0.1) is 0 Å². The number of rotatable bonds is 9. The molecule has 0 atom stereocenters. The summed E-state index contributed by atoms with van der Waals surface area (Å²) in [7, 11) is 0. The van der Waals surface area contributed by atoms with Gasteiger partial charge < -0.3 is 13.9 Å². The summed E-state index contributed by atoms with van der Waals surface area (Å²) in [4.78, 5) is 2.40. The van der Waals surface area contributed by atoms with Crippen molar-refractivity contribution >= 4 is 60.8 Å². The minimum atomic E-state index is 0.884. The summed E-state index contributed by atoms with van der Waals surface area (Å²) >= 11 is 0. The molecule has 0 N–H and O–H groups in total. The van der Waals surface area contributed by atoms with Gasteiger partial charge in [-0.25, -0.2) is 0 Å². The summed E-state index contributed by atoms with van der Waals surface area (Å²) in [5.41, 5.74) is 20.1. The van der Waals surface area contributed by atoms with Gasteiger partial charge in [0.2, 0.25) is 0 Å². The quantitative estimate of drug-likeness (QED) is 0.144. The third-order valence-corrected chi connectivity index (χ3v) is 13.6. The van der Waals surface area contributed by atoms with E-state index in [1.807, 2.05) is 12.1 Å². The predicted molar refractivity (Wildman–Crippen MR) is 290 cm³/mol. The van der Waals surface area contributed by atoms with Crippen LogP contribution in [0.1, 0.15) is 0 Å². The smallest absolute Gasteiger partial charge is 0.136 e. The zero-order chi connectivity index (χ0) is 45.7. The molecule has 0 aliphatic heterocycles. The van der Waals surface area contributed by atoms with Crippen LogP contribution in [0.5, 0.6) is 0 Å². The number of para-hydroxylation sites is 4. The lowest BCUT2D eigenvalue weighted by Crippen LogP contribution is -2.11. The number of aromatic nitrogens is 1. The first-order valence-corrected chi connectivity index (χ1v) is 23.6. The van der Waals surface area contributed by atoms with E-state index in [9.17, 15) is 0 Å². The van der Waals surface area contributed by atoms with Crippen molar-refractivity contribution in [2.24, 2.45) is 0 Å². The highest BCUT2D eigenvalue weighted by atomic mass is 16.3. The van der Waals surface area contributed by atoms with Crippen molar-refractivity contribution in [2.45, 2.75) is 0 Å². The minimum Gasteiger partial charge on any atom is -0.456 e. The van der Waals surface area contributed by atoms with Crippen LogP contribution in [0.25, 0.3) is 105 Å². The molecule has 2 aromatic heterocycles. The van der Waals surface area contributed by atoms with E-state index in [1.54, 1.807) is 0 Å². The number of benzene rings is 11. The number of nitrogens with zero attached hydrogens (tertiary/aromatic N) is 2. The summed E-state index contributed by atoms with van der Waals surface area (Å²) in [6, 6.07) is 96.2. The van der Waals surface area contributed by atoms with Crippen molar-refractivity contribution in [1.29, 1.82) is 0 Å². The third kappa shape index (κ3) is 7.25. The number of hydrogen-bond acceptors (Lipinski definition) is 2. The summed E-state index contributed by atoms with van der Waals surface area (Å²) in [5, 5.41) is 4.78. The van der Waals surface area contributed by atoms with Crippen LogP contribution in [0.4, 0.5) is 17.1 Å². The first kappa shape index (κ1) is 40.1. The van der Waals surface area contributed by atoms with E-state index in [4.69, 9.17) is 4.42 Å². The second kappa shape index (κ2) is 16.9. The fourth-order valence-electron chi connectivity index (χ4n) is 10.3. The SMILES string of the molecule is c1ccc(-c2cccc(-c3ccccc3N(c3ccc(-c4cccc(-c5cccc(-n6c7ccccc7c7ccccc76)c5)c4)cc3)c3cccc(-c4ccc5c(c4)oc4ccccc45)c3)c2)cc1. The Kier molecular flexibility index (Phi) is 9.84. The van der Waals surface area contributed by atoms with Crippen LogP contribution in [0, 0.1) is 0 Å². The minimum absolute atomic E-state index is 0.884. The highest BCUT2D eigenvalue weighted by Gasteiger charge is 2.20. The summed E-state index contributed by atoms with van der Waals surface area (Å²) in [6.07, 6.45) is 0. The van der Waals surface area contributed by atoms with Crippen molar-refractivity contribution in [3.63, 3.8) is 0 Å². The second-order valence-electron chi connectivity index (χ2n) is 17.7. The number of furan rings is 1. The van der Waals surface area contributed by atoms with Gasteiger partial charge in [0.1, 0.15) is 11.2 Å². The predicted octanol–water partition coefficient (Wildman–Crippen LogP) is 18.5. The van der Waals surface area contributed by atoms with Crippen molar-refractivity contribution in [2.75, 3.05) is 4.90 Å². The molecule has 0 amide bonds. The molecule has 0 fully saturated rings. The first-order valence-electron chi connectivity index (χ1n) is 23.6. The van der Waals surface area contributed by atoms with Crippen molar-refractivity contribution < 1.29 is 4.42 Å². The van der Waals surface area contributed by atoms with Crippen LogP contribution in [0.2, 0.25) is 0 Å². The lowest BCUT2D eigenvalue weighted by atomic mass is 9.96. The van der Waals surface area contributed by atoms with E-state index >= 15 is 0 Å². The zero-order valence-electron chi connectivity index (χ0n) is 37.7. The van der Waals surface area contributed by atoms with Gasteiger partial charge in [-0.3, -0.25) is 0 Å². The Labute approximate surface area is 401 Å². The first-order chi connectivity index (χ1) is 34.2. The zero-order valence-corrected chi connectivity index (χ0v) is 37.7. The summed E-state index contributed by atoms with van der Waals surface area (Å²) < 4.78 is 8.74. The second-order valence-corrected chi connectivity index (χ2v) is 17.7. The van der Waals surface area contributed by atoms with E-state index in [1.165, 1.54) is 44.1 Å². The number of anilines is 3. The van der Waals surface area contributed by atoms with Crippen LogP contribution in [0.3, 0.4) is 0 Å². The largest absolute Gasteiger partial charge is 0.456 e. The van der Waals surface area contributed by atoms with Crippen LogP contribution < -0.4 is 4.90 Å². The molecule has 0 aliphatic rings. The average Bonchev–Trinajstić information content (AvgIpc) is 3.97. The fourth-order valence-corrected chi connectivity index (χ4v) is 10.3. The highest BCUT2D eigenvalue weighted by molar-refractivity contribution is 6.09. The van der Waals surface area contributed by atoms with Gasteiger partial charge in [0.15, 0.2) is 0 Å². The Hall–Kier alpha value is -9.18. The van der Waals surface area contributed by atoms with Gasteiger partial charge >= 0.3 is 0 Å². The van der Waals surface area contributed by atoms with Crippen LogP contribution in [0.15, 0.2) is 271 Å². The summed E-state index contributed by atoms with van der Waals surface area (Å²) in [6.45, 7) is 0. The molecule has 0 spiro atoms. The van der Waals surface area contributed by atoms with Crippen molar-refractivity contribution in [3.05, 3.63) is 267 Å². The molecule has 0 saturated heterocycles. The molecule has 3 nitrogen and oxygen atoms in total. The van der Waals surface area contributed by atoms with Crippen LogP contribution in [-0.2, 0) is 0 Å². The average molecular weight is 881 g/mol. The van der Waals surface area contributed by atoms with Gasteiger partial charge in [-0.1, -0.05) is 182 Å². The van der Waals surface area contributed by atoms with E-state index in [0.717, 1.165) is 78.1 Å². The maximum Gasteiger partial charge on any atom is 0.136 e. The Morgan fingerprint density at radius 2 is 0.768 bits per heavy atom. The van der Waals surface area contributed by atoms with Crippen LogP contribution in [-0.4, -0.2) is 4.57 Å². The van der Waals surface area contributed by atoms with E-state index < -0.39 is 0 Å².